The van der Waals surface area contributed by atoms with Crippen LogP contribution in [0.5, 0.6) is 0 Å². The molecule has 3 unspecified atom stereocenters. The molecule has 204 valence electrons. The maximum absolute atomic E-state index is 13.6. The molecule has 3 atom stereocenters. The van der Waals surface area contributed by atoms with Crippen molar-refractivity contribution in [2.45, 2.75) is 43.1 Å². The third-order valence-corrected chi connectivity index (χ3v) is 9.60. The summed E-state index contributed by atoms with van der Waals surface area (Å²) in [4.78, 5) is 31.6. The molecule has 39 heavy (non-hydrogen) atoms. The number of carbonyl (C=O) groups excluding carboxylic acids is 2. The smallest absolute Gasteiger partial charge is 0.316 e. The van der Waals surface area contributed by atoms with Crippen LogP contribution >= 0.6 is 23.2 Å². The molecule has 2 aliphatic heterocycles. The van der Waals surface area contributed by atoms with E-state index in [0.717, 1.165) is 30.6 Å². The van der Waals surface area contributed by atoms with E-state index in [-0.39, 0.29) is 17.9 Å². The van der Waals surface area contributed by atoms with Crippen LogP contribution in [0.2, 0.25) is 10.0 Å². The van der Waals surface area contributed by atoms with Gasteiger partial charge >= 0.3 is 5.97 Å². The Bertz CT molecular complexity index is 1340. The van der Waals surface area contributed by atoms with Crippen molar-refractivity contribution in [2.75, 3.05) is 33.3 Å². The van der Waals surface area contributed by atoms with Gasteiger partial charge in [-0.05, 0) is 67.7 Å². The van der Waals surface area contributed by atoms with Crippen LogP contribution in [0.15, 0.2) is 78.9 Å². The Morgan fingerprint density at radius 3 is 2.23 bits per heavy atom. The number of esters is 1. The van der Waals surface area contributed by atoms with Crippen molar-refractivity contribution in [3.8, 4) is 0 Å². The Morgan fingerprint density at radius 1 is 0.897 bits per heavy atom. The molecule has 1 amide bonds. The highest BCUT2D eigenvalue weighted by atomic mass is 35.5. The molecule has 0 N–H and O–H groups in total. The number of likely N-dealkylation sites (tertiary alicyclic amines) is 2. The first-order valence-electron chi connectivity index (χ1n) is 13.5. The molecule has 2 aliphatic rings. The zero-order chi connectivity index (χ0) is 27.6. The molecule has 3 aromatic carbocycles. The summed E-state index contributed by atoms with van der Waals surface area (Å²) < 4.78 is 5.46. The fourth-order valence-corrected chi connectivity index (χ4v) is 7.07. The number of hydrogen-bond acceptors (Lipinski definition) is 4. The summed E-state index contributed by atoms with van der Waals surface area (Å²) in [6.45, 7) is 4.85. The highest BCUT2D eigenvalue weighted by molar-refractivity contribution is 6.42. The van der Waals surface area contributed by atoms with E-state index in [1.165, 1.54) is 7.11 Å². The van der Waals surface area contributed by atoms with E-state index in [1.54, 1.807) is 0 Å². The van der Waals surface area contributed by atoms with Gasteiger partial charge in [0.1, 0.15) is 0 Å². The number of amides is 1. The summed E-state index contributed by atoms with van der Waals surface area (Å²) in [7, 11) is 1.47. The molecule has 0 bridgehead atoms. The number of likely N-dealkylation sites (N-methyl/N-ethyl adjacent to an activating group) is 1. The van der Waals surface area contributed by atoms with Crippen molar-refractivity contribution in [1.82, 2.24) is 9.80 Å². The van der Waals surface area contributed by atoms with Crippen LogP contribution in [0.4, 0.5) is 0 Å². The Hall–Kier alpha value is -2.86. The standard InChI is InChI=1S/C32H34Cl2N2O3/c1-3-35-18-16-31(30(38)39-2,24-12-8-5-9-13-24)21-28(35)32(25-14-15-26(33)27(34)20-25)17-19-36(22-32)29(37)23-10-6-4-7-11-23/h4-15,20,28H,3,16-19,21-22H2,1-2H3. The molecule has 0 aromatic heterocycles. The first kappa shape index (κ1) is 27.7. The summed E-state index contributed by atoms with van der Waals surface area (Å²) in [5.74, 6) is -0.201. The molecule has 2 heterocycles. The predicted molar refractivity (Wildman–Crippen MR) is 156 cm³/mol. The van der Waals surface area contributed by atoms with E-state index >= 15 is 0 Å². The number of methoxy groups -OCH3 is 1. The van der Waals surface area contributed by atoms with Gasteiger partial charge in [0, 0.05) is 30.1 Å². The van der Waals surface area contributed by atoms with Crippen molar-refractivity contribution < 1.29 is 14.3 Å². The van der Waals surface area contributed by atoms with Gasteiger partial charge in [-0.1, -0.05) is 84.7 Å². The summed E-state index contributed by atoms with van der Waals surface area (Å²) in [5, 5.41) is 0.984. The lowest BCUT2D eigenvalue weighted by molar-refractivity contribution is -0.151. The minimum atomic E-state index is -0.785. The van der Waals surface area contributed by atoms with Gasteiger partial charge in [0.15, 0.2) is 0 Å². The molecule has 5 rings (SSSR count). The second-order valence-electron chi connectivity index (χ2n) is 10.7. The highest BCUT2D eigenvalue weighted by Gasteiger charge is 2.56. The van der Waals surface area contributed by atoms with Gasteiger partial charge in [0.2, 0.25) is 0 Å². The van der Waals surface area contributed by atoms with Gasteiger partial charge in [0.05, 0.1) is 22.6 Å². The lowest BCUT2D eigenvalue weighted by atomic mass is 9.62. The molecular weight excluding hydrogens is 531 g/mol. The summed E-state index contributed by atoms with van der Waals surface area (Å²) in [6.07, 6.45) is 1.99. The van der Waals surface area contributed by atoms with E-state index in [9.17, 15) is 9.59 Å². The molecular formula is C32H34Cl2N2O3. The van der Waals surface area contributed by atoms with Gasteiger partial charge in [-0.25, -0.2) is 0 Å². The Kier molecular flexibility index (Phi) is 8.04. The van der Waals surface area contributed by atoms with Crippen LogP contribution in [0.3, 0.4) is 0 Å². The number of nitrogens with zero attached hydrogens (tertiary/aromatic N) is 2. The molecule has 7 heteroatoms. The predicted octanol–water partition coefficient (Wildman–Crippen LogP) is 6.37. The first-order valence-corrected chi connectivity index (χ1v) is 14.3. The van der Waals surface area contributed by atoms with Crippen molar-refractivity contribution in [1.29, 1.82) is 0 Å². The minimum Gasteiger partial charge on any atom is -0.468 e. The van der Waals surface area contributed by atoms with E-state index in [2.05, 4.69) is 11.8 Å². The van der Waals surface area contributed by atoms with Gasteiger partial charge in [-0.15, -0.1) is 0 Å². The number of piperidine rings is 1. The average Bonchev–Trinajstić information content (AvgIpc) is 3.45. The number of halogens is 2. The molecule has 2 saturated heterocycles. The number of carbonyl (C=O) groups is 2. The third-order valence-electron chi connectivity index (χ3n) is 8.86. The molecule has 3 aromatic rings. The van der Waals surface area contributed by atoms with Crippen LogP contribution in [-0.2, 0) is 20.4 Å². The largest absolute Gasteiger partial charge is 0.468 e. The molecule has 5 nitrogen and oxygen atoms in total. The third kappa shape index (κ3) is 4.97. The molecule has 2 fully saturated rings. The number of rotatable bonds is 6. The first-order chi connectivity index (χ1) is 18.8. The Labute approximate surface area is 240 Å². The lowest BCUT2D eigenvalue weighted by Gasteiger charge is -2.52. The van der Waals surface area contributed by atoms with Crippen LogP contribution in [0, 0.1) is 0 Å². The zero-order valence-corrected chi connectivity index (χ0v) is 23.9. The monoisotopic (exact) mass is 564 g/mol. The second-order valence-corrected chi connectivity index (χ2v) is 11.5. The fourth-order valence-electron chi connectivity index (χ4n) is 6.77. The zero-order valence-electron chi connectivity index (χ0n) is 22.4. The SMILES string of the molecule is CCN1CCC(C(=O)OC)(c2ccccc2)CC1C1(c2ccc(Cl)c(Cl)c2)CCN(C(=O)c2ccccc2)C1. The van der Waals surface area contributed by atoms with Gasteiger partial charge in [-0.3, -0.25) is 14.5 Å². The van der Waals surface area contributed by atoms with Gasteiger partial charge in [-0.2, -0.15) is 0 Å². The van der Waals surface area contributed by atoms with Crippen LogP contribution in [-0.4, -0.2) is 61.0 Å². The van der Waals surface area contributed by atoms with Crippen LogP contribution in [0.1, 0.15) is 47.7 Å². The van der Waals surface area contributed by atoms with E-state index < -0.39 is 10.8 Å². The fraction of sp³-hybridized carbons (Fsp3) is 0.375. The van der Waals surface area contributed by atoms with Gasteiger partial charge < -0.3 is 9.64 Å². The minimum absolute atomic E-state index is 0.0127. The molecule has 0 aliphatic carbocycles. The number of benzene rings is 3. The highest BCUT2D eigenvalue weighted by Crippen LogP contribution is 2.50. The van der Waals surface area contributed by atoms with Crippen molar-refractivity contribution in [3.05, 3.63) is 106 Å². The Morgan fingerprint density at radius 2 is 1.59 bits per heavy atom. The topological polar surface area (TPSA) is 49.9 Å². The van der Waals surface area contributed by atoms with Crippen molar-refractivity contribution in [2.24, 2.45) is 0 Å². The summed E-state index contributed by atoms with van der Waals surface area (Å²) in [5.41, 5.74) is 1.44. The molecule has 0 spiro atoms. The Balaban J connectivity index is 1.62. The van der Waals surface area contributed by atoms with Crippen molar-refractivity contribution >= 4 is 35.1 Å². The number of ether oxygens (including phenoxy) is 1. The number of hydrogen-bond donors (Lipinski definition) is 0. The molecule has 0 saturated carbocycles. The normalized spacial score (nSPS) is 25.4. The summed E-state index contributed by atoms with van der Waals surface area (Å²) in [6, 6.07) is 25.2. The maximum atomic E-state index is 13.6. The van der Waals surface area contributed by atoms with E-state index in [0.29, 0.717) is 41.5 Å². The van der Waals surface area contributed by atoms with Crippen LogP contribution < -0.4 is 0 Å². The van der Waals surface area contributed by atoms with Gasteiger partial charge in [0.25, 0.3) is 5.91 Å². The summed E-state index contributed by atoms with van der Waals surface area (Å²) >= 11 is 12.9. The van der Waals surface area contributed by atoms with E-state index in [4.69, 9.17) is 27.9 Å². The van der Waals surface area contributed by atoms with Crippen LogP contribution in [0.25, 0.3) is 0 Å². The second kappa shape index (κ2) is 11.3. The van der Waals surface area contributed by atoms with Crippen molar-refractivity contribution in [3.63, 3.8) is 0 Å². The molecule has 0 radical (unpaired) electrons. The lowest BCUT2D eigenvalue weighted by Crippen LogP contribution is -2.60. The average molecular weight is 566 g/mol. The maximum Gasteiger partial charge on any atom is 0.316 e. The van der Waals surface area contributed by atoms with E-state index in [1.807, 2.05) is 83.8 Å². The quantitative estimate of drug-likeness (QED) is 0.326.